The molecule has 0 saturated heterocycles. The molecule has 0 unspecified atom stereocenters. The van der Waals surface area contributed by atoms with Crippen molar-refractivity contribution in [2.75, 3.05) is 13.1 Å². The van der Waals surface area contributed by atoms with Crippen LogP contribution in [0.1, 0.15) is 13.3 Å². The highest BCUT2D eigenvalue weighted by atomic mass is 127. The third-order valence-electron chi connectivity index (χ3n) is 3.39. The van der Waals surface area contributed by atoms with E-state index in [1.54, 1.807) is 0 Å². The van der Waals surface area contributed by atoms with Crippen molar-refractivity contribution in [2.45, 2.75) is 13.3 Å². The zero-order valence-corrected chi connectivity index (χ0v) is 13.8. The second kappa shape index (κ2) is 6.30. The van der Waals surface area contributed by atoms with Gasteiger partial charge in [-0.2, -0.15) is 4.99 Å². The standard InChI is InChI=1S/C15H18N4.HI/c1-2-9-18-10-8-14(17-15(18)16)19-11-7-12-5-3-4-6-13(12)19;/h3-8,11H,2,9-10H2,1H3,(H2,16,17);1H. The first-order valence-electron chi connectivity index (χ1n) is 6.65. The van der Waals surface area contributed by atoms with Crippen LogP contribution in [0, 0.1) is 0 Å². The second-order valence-corrected chi connectivity index (χ2v) is 4.72. The molecule has 2 aromatic rings. The molecule has 0 fully saturated rings. The Bertz CT molecular complexity index is 657. The van der Waals surface area contributed by atoms with E-state index in [4.69, 9.17) is 5.73 Å². The fraction of sp³-hybridized carbons (Fsp3) is 0.267. The summed E-state index contributed by atoms with van der Waals surface area (Å²) in [6.45, 7) is 3.92. The molecule has 5 heteroatoms. The topological polar surface area (TPSA) is 46.5 Å². The Morgan fingerprint density at radius 2 is 2.05 bits per heavy atom. The lowest BCUT2D eigenvalue weighted by Gasteiger charge is -2.25. The van der Waals surface area contributed by atoms with Crippen LogP contribution < -0.4 is 5.73 Å². The average molecular weight is 382 g/mol. The fourth-order valence-corrected chi connectivity index (χ4v) is 2.43. The molecule has 0 bridgehead atoms. The van der Waals surface area contributed by atoms with Crippen LogP contribution in [-0.4, -0.2) is 28.5 Å². The number of aromatic nitrogens is 1. The highest BCUT2D eigenvalue weighted by molar-refractivity contribution is 14.0. The van der Waals surface area contributed by atoms with Crippen molar-refractivity contribution in [1.29, 1.82) is 0 Å². The number of hydrogen-bond acceptors (Lipinski definition) is 3. The largest absolute Gasteiger partial charge is 0.369 e. The summed E-state index contributed by atoms with van der Waals surface area (Å²) in [5.74, 6) is 1.52. The maximum atomic E-state index is 6.03. The molecule has 4 nitrogen and oxygen atoms in total. The Morgan fingerprint density at radius 1 is 1.25 bits per heavy atom. The predicted octanol–water partition coefficient (Wildman–Crippen LogP) is 3.10. The van der Waals surface area contributed by atoms with Gasteiger partial charge in [-0.3, -0.25) is 0 Å². The van der Waals surface area contributed by atoms with Gasteiger partial charge in [-0.1, -0.05) is 25.1 Å². The molecule has 0 atom stereocenters. The molecular formula is C15H19IN4. The highest BCUT2D eigenvalue weighted by Gasteiger charge is 2.14. The van der Waals surface area contributed by atoms with Gasteiger partial charge in [0.15, 0.2) is 5.96 Å². The first-order valence-corrected chi connectivity index (χ1v) is 6.65. The Kier molecular flexibility index (Phi) is 4.69. The van der Waals surface area contributed by atoms with Gasteiger partial charge in [0.25, 0.3) is 0 Å². The van der Waals surface area contributed by atoms with Crippen LogP contribution in [0.2, 0.25) is 0 Å². The van der Waals surface area contributed by atoms with Crippen LogP contribution in [0.5, 0.6) is 0 Å². The van der Waals surface area contributed by atoms with Gasteiger partial charge in [0, 0.05) is 19.3 Å². The summed E-state index contributed by atoms with van der Waals surface area (Å²) < 4.78 is 2.09. The van der Waals surface area contributed by atoms with Crippen molar-refractivity contribution in [1.82, 2.24) is 9.47 Å². The molecule has 0 radical (unpaired) electrons. The van der Waals surface area contributed by atoms with E-state index in [0.717, 1.165) is 30.8 Å². The minimum Gasteiger partial charge on any atom is -0.369 e. The Balaban J connectivity index is 0.00000147. The normalized spacial score (nSPS) is 14.8. The van der Waals surface area contributed by atoms with Crippen molar-refractivity contribution >= 4 is 46.7 Å². The smallest absolute Gasteiger partial charge is 0.198 e. The number of nitrogens with zero attached hydrogens (tertiary/aromatic N) is 3. The molecule has 2 N–H and O–H groups in total. The van der Waals surface area contributed by atoms with Crippen LogP contribution in [-0.2, 0) is 0 Å². The molecule has 20 heavy (non-hydrogen) atoms. The van der Waals surface area contributed by atoms with Crippen LogP contribution in [0.4, 0.5) is 0 Å². The van der Waals surface area contributed by atoms with Gasteiger partial charge in [-0.15, -0.1) is 24.0 Å². The van der Waals surface area contributed by atoms with E-state index in [1.165, 1.54) is 5.39 Å². The first-order chi connectivity index (χ1) is 9.29. The summed E-state index contributed by atoms with van der Waals surface area (Å²) in [5.41, 5.74) is 7.19. The summed E-state index contributed by atoms with van der Waals surface area (Å²) in [6.07, 6.45) is 5.24. The van der Waals surface area contributed by atoms with Crippen molar-refractivity contribution in [3.05, 3.63) is 42.6 Å². The SMILES string of the molecule is CCCN1CC=C(n2ccc3ccccc32)N=C1N.I. The fourth-order valence-electron chi connectivity index (χ4n) is 2.43. The number of guanidine groups is 1. The molecular weight excluding hydrogens is 363 g/mol. The average Bonchev–Trinajstić information content (AvgIpc) is 2.85. The van der Waals surface area contributed by atoms with Crippen molar-refractivity contribution in [3.63, 3.8) is 0 Å². The van der Waals surface area contributed by atoms with E-state index in [9.17, 15) is 0 Å². The number of halogens is 1. The number of benzene rings is 1. The van der Waals surface area contributed by atoms with Gasteiger partial charge in [-0.05, 0) is 30.0 Å². The van der Waals surface area contributed by atoms with E-state index in [1.807, 2.05) is 18.3 Å². The predicted molar refractivity (Wildman–Crippen MR) is 95.1 cm³/mol. The summed E-state index contributed by atoms with van der Waals surface area (Å²) in [5, 5.41) is 1.22. The monoisotopic (exact) mass is 382 g/mol. The molecule has 0 saturated carbocycles. The zero-order chi connectivity index (χ0) is 13.2. The molecule has 0 aliphatic carbocycles. The Morgan fingerprint density at radius 3 is 2.80 bits per heavy atom. The number of rotatable bonds is 3. The van der Waals surface area contributed by atoms with Crippen molar-refractivity contribution in [3.8, 4) is 0 Å². The molecule has 1 aliphatic rings. The summed E-state index contributed by atoms with van der Waals surface area (Å²) >= 11 is 0. The number of fused-ring (bicyclic) bond motifs is 1. The third kappa shape index (κ3) is 2.67. The van der Waals surface area contributed by atoms with Gasteiger partial charge in [-0.25, -0.2) is 0 Å². The number of hydrogen-bond donors (Lipinski definition) is 1. The van der Waals surface area contributed by atoms with E-state index >= 15 is 0 Å². The Hall–Kier alpha value is -1.50. The number of para-hydroxylation sites is 1. The molecule has 106 valence electrons. The molecule has 2 heterocycles. The van der Waals surface area contributed by atoms with Gasteiger partial charge in [0.1, 0.15) is 5.82 Å². The molecule has 3 rings (SSSR count). The molecule has 1 aromatic carbocycles. The van der Waals surface area contributed by atoms with E-state index in [-0.39, 0.29) is 24.0 Å². The van der Waals surface area contributed by atoms with Crippen LogP contribution >= 0.6 is 24.0 Å². The van der Waals surface area contributed by atoms with Crippen LogP contribution in [0.15, 0.2) is 47.6 Å². The van der Waals surface area contributed by atoms with Crippen molar-refractivity contribution < 1.29 is 0 Å². The molecule has 1 aliphatic heterocycles. The lowest BCUT2D eigenvalue weighted by atomic mass is 10.2. The zero-order valence-electron chi connectivity index (χ0n) is 11.5. The Labute approximate surface area is 136 Å². The lowest BCUT2D eigenvalue weighted by Crippen LogP contribution is -2.40. The second-order valence-electron chi connectivity index (χ2n) is 4.72. The minimum absolute atomic E-state index is 0. The lowest BCUT2D eigenvalue weighted by molar-refractivity contribution is 0.449. The van der Waals surface area contributed by atoms with E-state index in [2.05, 4.69) is 45.7 Å². The van der Waals surface area contributed by atoms with Crippen LogP contribution in [0.3, 0.4) is 0 Å². The summed E-state index contributed by atoms with van der Waals surface area (Å²) in [6, 6.07) is 10.4. The number of nitrogens with two attached hydrogens (primary N) is 1. The maximum absolute atomic E-state index is 6.03. The summed E-state index contributed by atoms with van der Waals surface area (Å²) in [4.78, 5) is 6.61. The first kappa shape index (κ1) is 14.9. The van der Waals surface area contributed by atoms with E-state index in [0.29, 0.717) is 5.96 Å². The molecule has 0 spiro atoms. The highest BCUT2D eigenvalue weighted by Crippen LogP contribution is 2.21. The quantitative estimate of drug-likeness (QED) is 0.830. The molecule has 1 aromatic heterocycles. The van der Waals surface area contributed by atoms with Gasteiger partial charge < -0.3 is 15.2 Å². The minimum atomic E-state index is 0. The third-order valence-corrected chi connectivity index (χ3v) is 3.39. The van der Waals surface area contributed by atoms with Crippen LogP contribution in [0.25, 0.3) is 16.7 Å². The number of aliphatic imine (C=N–C) groups is 1. The van der Waals surface area contributed by atoms with Gasteiger partial charge >= 0.3 is 0 Å². The van der Waals surface area contributed by atoms with Gasteiger partial charge in [0.2, 0.25) is 0 Å². The summed E-state index contributed by atoms with van der Waals surface area (Å²) in [7, 11) is 0. The van der Waals surface area contributed by atoms with Crippen molar-refractivity contribution in [2.24, 2.45) is 10.7 Å². The maximum Gasteiger partial charge on any atom is 0.198 e. The van der Waals surface area contributed by atoms with Gasteiger partial charge in [0.05, 0.1) is 5.52 Å². The van der Waals surface area contributed by atoms with E-state index < -0.39 is 0 Å². The molecule has 0 amide bonds.